The Morgan fingerprint density at radius 1 is 1.38 bits per heavy atom. The maximum absolute atomic E-state index is 9.48. The van der Waals surface area contributed by atoms with Gasteiger partial charge in [-0.3, -0.25) is 0 Å². The molecule has 0 unspecified atom stereocenters. The van der Waals surface area contributed by atoms with E-state index in [4.69, 9.17) is 4.74 Å². The monoisotopic (exact) mass is 178 g/mol. The maximum Gasteiger partial charge on any atom is 0.119 e. The molecule has 2 heteroatoms. The summed E-state index contributed by atoms with van der Waals surface area (Å²) in [4.78, 5) is 0. The van der Waals surface area contributed by atoms with Gasteiger partial charge >= 0.3 is 0 Å². The summed E-state index contributed by atoms with van der Waals surface area (Å²) >= 11 is 0. The molecule has 1 aliphatic rings. The van der Waals surface area contributed by atoms with E-state index in [0.717, 1.165) is 25.0 Å². The third-order valence-electron chi connectivity index (χ3n) is 2.62. The van der Waals surface area contributed by atoms with Gasteiger partial charge in [-0.25, -0.2) is 0 Å². The molecule has 13 heavy (non-hydrogen) atoms. The zero-order valence-corrected chi connectivity index (χ0v) is 7.79. The van der Waals surface area contributed by atoms with Gasteiger partial charge in [-0.15, -0.1) is 0 Å². The highest BCUT2D eigenvalue weighted by Gasteiger charge is 2.16. The van der Waals surface area contributed by atoms with Gasteiger partial charge in [-0.2, -0.15) is 0 Å². The highest BCUT2D eigenvalue weighted by molar-refractivity contribution is 5.37. The van der Waals surface area contributed by atoms with Crippen LogP contribution in [0.2, 0.25) is 0 Å². The van der Waals surface area contributed by atoms with Crippen LogP contribution in [-0.4, -0.2) is 18.3 Å². The first-order valence-corrected chi connectivity index (χ1v) is 4.63. The lowest BCUT2D eigenvalue weighted by Gasteiger charge is -2.20. The Balaban J connectivity index is 2.32. The van der Waals surface area contributed by atoms with Crippen LogP contribution >= 0.6 is 0 Å². The average molecular weight is 178 g/mol. The summed E-state index contributed by atoms with van der Waals surface area (Å²) in [5.74, 6) is 0.882. The lowest BCUT2D eigenvalue weighted by Crippen LogP contribution is -2.18. The second-order valence-electron chi connectivity index (χ2n) is 3.53. The molecule has 1 aromatic carbocycles. The molecule has 70 valence electrons. The Hall–Kier alpha value is -1.02. The third-order valence-corrected chi connectivity index (χ3v) is 2.62. The number of aryl methyl sites for hydroxylation is 1. The summed E-state index contributed by atoms with van der Waals surface area (Å²) in [6.45, 7) is 0. The zero-order valence-electron chi connectivity index (χ0n) is 7.79. The van der Waals surface area contributed by atoms with Crippen molar-refractivity contribution in [2.75, 3.05) is 7.11 Å². The van der Waals surface area contributed by atoms with Crippen LogP contribution in [0, 0.1) is 0 Å². The summed E-state index contributed by atoms with van der Waals surface area (Å²) in [5.41, 5.74) is 2.59. The summed E-state index contributed by atoms with van der Waals surface area (Å²) in [6, 6.07) is 6.11. The van der Waals surface area contributed by atoms with Gasteiger partial charge in [0.25, 0.3) is 0 Å². The van der Waals surface area contributed by atoms with Crippen molar-refractivity contribution < 1.29 is 9.84 Å². The summed E-state index contributed by atoms with van der Waals surface area (Å²) < 4.78 is 5.13. The largest absolute Gasteiger partial charge is 0.497 e. The minimum absolute atomic E-state index is 0.167. The van der Waals surface area contributed by atoms with E-state index in [1.54, 1.807) is 7.11 Å². The molecule has 0 spiro atoms. The molecule has 0 radical (unpaired) electrons. The molecule has 1 aliphatic carbocycles. The molecule has 2 rings (SSSR count). The summed E-state index contributed by atoms with van der Waals surface area (Å²) in [6.07, 6.45) is 2.48. The van der Waals surface area contributed by atoms with E-state index in [2.05, 4.69) is 6.07 Å². The van der Waals surface area contributed by atoms with Crippen LogP contribution in [0.1, 0.15) is 17.5 Å². The number of methoxy groups -OCH3 is 1. The van der Waals surface area contributed by atoms with Crippen LogP contribution in [0.25, 0.3) is 0 Å². The predicted octanol–water partition coefficient (Wildman–Crippen LogP) is 1.54. The molecule has 0 aliphatic heterocycles. The van der Waals surface area contributed by atoms with Gasteiger partial charge < -0.3 is 9.84 Å². The molecule has 0 aromatic heterocycles. The summed E-state index contributed by atoms with van der Waals surface area (Å²) in [7, 11) is 1.67. The van der Waals surface area contributed by atoms with E-state index >= 15 is 0 Å². The maximum atomic E-state index is 9.48. The standard InChI is InChI=1S/C11H14O2/c1-13-11-5-3-8-2-4-10(12)6-9(8)7-11/h3,5,7,10,12H,2,4,6H2,1H3/t10-/m0/s1. The van der Waals surface area contributed by atoms with Crippen molar-refractivity contribution in [1.29, 1.82) is 0 Å². The van der Waals surface area contributed by atoms with Crippen molar-refractivity contribution in [2.24, 2.45) is 0 Å². The lowest BCUT2D eigenvalue weighted by atomic mass is 9.90. The fourth-order valence-corrected chi connectivity index (χ4v) is 1.84. The van der Waals surface area contributed by atoms with E-state index in [1.165, 1.54) is 11.1 Å². The topological polar surface area (TPSA) is 29.5 Å². The van der Waals surface area contributed by atoms with Crippen molar-refractivity contribution in [1.82, 2.24) is 0 Å². The highest BCUT2D eigenvalue weighted by Crippen LogP contribution is 2.25. The van der Waals surface area contributed by atoms with Gasteiger partial charge in [0.05, 0.1) is 13.2 Å². The van der Waals surface area contributed by atoms with Gasteiger partial charge in [0.2, 0.25) is 0 Å². The molecule has 0 saturated heterocycles. The third kappa shape index (κ3) is 1.68. The molecule has 0 heterocycles. The lowest BCUT2D eigenvalue weighted by molar-refractivity contribution is 0.158. The number of fused-ring (bicyclic) bond motifs is 1. The molecule has 0 fully saturated rings. The predicted molar refractivity (Wildman–Crippen MR) is 51.0 cm³/mol. The van der Waals surface area contributed by atoms with Gasteiger partial charge in [0, 0.05) is 0 Å². The van der Waals surface area contributed by atoms with E-state index in [1.807, 2.05) is 12.1 Å². The average Bonchev–Trinajstić information content (AvgIpc) is 2.16. The minimum atomic E-state index is -0.167. The fourth-order valence-electron chi connectivity index (χ4n) is 1.84. The molecule has 1 atom stereocenters. The molecule has 0 saturated carbocycles. The van der Waals surface area contributed by atoms with E-state index in [9.17, 15) is 5.11 Å². The quantitative estimate of drug-likeness (QED) is 0.707. The van der Waals surface area contributed by atoms with Crippen molar-refractivity contribution in [2.45, 2.75) is 25.4 Å². The Labute approximate surface area is 78.2 Å². The van der Waals surface area contributed by atoms with Gasteiger partial charge in [0.15, 0.2) is 0 Å². The molecular weight excluding hydrogens is 164 g/mol. The van der Waals surface area contributed by atoms with Crippen LogP contribution in [0.15, 0.2) is 18.2 Å². The smallest absolute Gasteiger partial charge is 0.119 e. The molecule has 1 N–H and O–H groups in total. The highest BCUT2D eigenvalue weighted by atomic mass is 16.5. The van der Waals surface area contributed by atoms with Crippen molar-refractivity contribution in [3.8, 4) is 5.75 Å². The number of hydrogen-bond acceptors (Lipinski definition) is 2. The number of aliphatic hydroxyl groups excluding tert-OH is 1. The summed E-state index contributed by atoms with van der Waals surface area (Å²) in [5, 5.41) is 9.48. The zero-order chi connectivity index (χ0) is 9.26. The van der Waals surface area contributed by atoms with Crippen LogP contribution in [0.4, 0.5) is 0 Å². The van der Waals surface area contributed by atoms with Crippen LogP contribution in [0.5, 0.6) is 5.75 Å². The van der Waals surface area contributed by atoms with Crippen LogP contribution in [0.3, 0.4) is 0 Å². The van der Waals surface area contributed by atoms with Crippen molar-refractivity contribution in [3.63, 3.8) is 0 Å². The molecule has 1 aromatic rings. The molecule has 0 amide bonds. The van der Waals surface area contributed by atoms with Gasteiger partial charge in [-0.1, -0.05) is 6.07 Å². The Kier molecular flexibility index (Phi) is 2.23. The Bertz CT molecular complexity index is 307. The number of ether oxygens (including phenoxy) is 1. The van der Waals surface area contributed by atoms with E-state index < -0.39 is 0 Å². The SMILES string of the molecule is COc1ccc2c(c1)C[C@@H](O)CC2. The van der Waals surface area contributed by atoms with Crippen LogP contribution in [-0.2, 0) is 12.8 Å². The first kappa shape index (κ1) is 8.57. The van der Waals surface area contributed by atoms with Gasteiger partial charge in [0.1, 0.15) is 5.75 Å². The van der Waals surface area contributed by atoms with E-state index in [-0.39, 0.29) is 6.10 Å². The fraction of sp³-hybridized carbons (Fsp3) is 0.455. The molecule has 2 nitrogen and oxygen atoms in total. The van der Waals surface area contributed by atoms with Crippen molar-refractivity contribution >= 4 is 0 Å². The first-order valence-electron chi connectivity index (χ1n) is 4.63. The van der Waals surface area contributed by atoms with Crippen LogP contribution < -0.4 is 4.74 Å². The Morgan fingerprint density at radius 3 is 3.00 bits per heavy atom. The molecule has 0 bridgehead atoms. The number of aliphatic hydroxyl groups is 1. The second kappa shape index (κ2) is 3.38. The Morgan fingerprint density at radius 2 is 2.23 bits per heavy atom. The minimum Gasteiger partial charge on any atom is -0.497 e. The second-order valence-corrected chi connectivity index (χ2v) is 3.53. The van der Waals surface area contributed by atoms with Gasteiger partial charge in [-0.05, 0) is 42.5 Å². The van der Waals surface area contributed by atoms with E-state index in [0.29, 0.717) is 0 Å². The first-order chi connectivity index (χ1) is 6.29. The number of hydrogen-bond donors (Lipinski definition) is 1. The normalized spacial score (nSPS) is 20.9. The number of benzene rings is 1. The molecular formula is C11H14O2. The van der Waals surface area contributed by atoms with Crippen molar-refractivity contribution in [3.05, 3.63) is 29.3 Å². The number of rotatable bonds is 1.